The second-order valence-electron chi connectivity index (χ2n) is 4.91. The molecule has 1 N–H and O–H groups in total. The van der Waals surface area contributed by atoms with Crippen molar-refractivity contribution in [3.63, 3.8) is 0 Å². The molecule has 0 radical (unpaired) electrons. The smallest absolute Gasteiger partial charge is 0.311 e. The van der Waals surface area contributed by atoms with Crippen molar-refractivity contribution < 1.29 is 14.5 Å². The number of nitro benzene ring substituents is 1. The van der Waals surface area contributed by atoms with E-state index in [1.165, 1.54) is 25.3 Å². The maximum absolute atomic E-state index is 12.2. The summed E-state index contributed by atoms with van der Waals surface area (Å²) in [6.45, 7) is 5.30. The number of nitrogens with zero attached hydrogens (tertiary/aromatic N) is 1. The Morgan fingerprint density at radius 3 is 2.55 bits per heavy atom. The van der Waals surface area contributed by atoms with Gasteiger partial charge in [0.05, 0.1) is 28.5 Å². The van der Waals surface area contributed by atoms with Crippen LogP contribution in [-0.2, 0) is 0 Å². The number of amides is 1. The van der Waals surface area contributed by atoms with E-state index in [1.807, 2.05) is 0 Å². The first-order chi connectivity index (χ1) is 9.20. The fourth-order valence-electron chi connectivity index (χ4n) is 1.52. The van der Waals surface area contributed by atoms with Gasteiger partial charge in [-0.1, -0.05) is 6.07 Å². The number of methoxy groups -OCH3 is 1. The number of nitrogens with one attached hydrogen (secondary N) is 1. The topological polar surface area (TPSA) is 81.5 Å². The Hall–Kier alpha value is -1.82. The zero-order valence-corrected chi connectivity index (χ0v) is 12.5. The third-order valence-electron chi connectivity index (χ3n) is 3.07. The van der Waals surface area contributed by atoms with Crippen LogP contribution in [-0.4, -0.2) is 28.9 Å². The predicted molar refractivity (Wildman–Crippen MR) is 76.5 cm³/mol. The maximum atomic E-state index is 12.2. The number of rotatable bonds is 5. The van der Waals surface area contributed by atoms with E-state index in [0.29, 0.717) is 0 Å². The van der Waals surface area contributed by atoms with Crippen LogP contribution in [0.5, 0.6) is 5.75 Å². The van der Waals surface area contributed by atoms with Gasteiger partial charge in [0.25, 0.3) is 5.91 Å². The highest BCUT2D eigenvalue weighted by molar-refractivity contribution is 6.21. The van der Waals surface area contributed by atoms with Crippen molar-refractivity contribution in [2.24, 2.45) is 0 Å². The molecule has 1 aromatic carbocycles. The van der Waals surface area contributed by atoms with E-state index in [9.17, 15) is 14.9 Å². The minimum atomic E-state index is -0.658. The van der Waals surface area contributed by atoms with Crippen molar-refractivity contribution >= 4 is 23.2 Å². The zero-order chi connectivity index (χ0) is 15.5. The Kier molecular flexibility index (Phi) is 4.94. The van der Waals surface area contributed by atoms with Crippen molar-refractivity contribution in [1.29, 1.82) is 0 Å². The van der Waals surface area contributed by atoms with Gasteiger partial charge in [-0.05, 0) is 26.8 Å². The molecule has 0 aromatic heterocycles. The summed E-state index contributed by atoms with van der Waals surface area (Å²) < 4.78 is 5.00. The lowest BCUT2D eigenvalue weighted by atomic mass is 10.0. The van der Waals surface area contributed by atoms with Gasteiger partial charge in [-0.2, -0.15) is 0 Å². The lowest BCUT2D eigenvalue weighted by molar-refractivity contribution is -0.385. The molecule has 0 spiro atoms. The number of benzene rings is 1. The molecule has 1 atom stereocenters. The van der Waals surface area contributed by atoms with Crippen LogP contribution >= 0.6 is 11.6 Å². The van der Waals surface area contributed by atoms with Crippen molar-refractivity contribution in [2.45, 2.75) is 31.7 Å². The van der Waals surface area contributed by atoms with Crippen LogP contribution in [0.2, 0.25) is 0 Å². The van der Waals surface area contributed by atoms with Gasteiger partial charge in [-0.15, -0.1) is 11.6 Å². The van der Waals surface area contributed by atoms with E-state index in [-0.39, 0.29) is 22.4 Å². The van der Waals surface area contributed by atoms with Gasteiger partial charge in [-0.3, -0.25) is 14.9 Å². The van der Waals surface area contributed by atoms with E-state index in [2.05, 4.69) is 5.32 Å². The second kappa shape index (κ2) is 6.09. The first kappa shape index (κ1) is 16.2. The van der Waals surface area contributed by atoms with Gasteiger partial charge in [0.1, 0.15) is 0 Å². The first-order valence-corrected chi connectivity index (χ1v) is 6.42. The summed E-state index contributed by atoms with van der Waals surface area (Å²) in [6, 6.07) is 4.19. The van der Waals surface area contributed by atoms with Gasteiger partial charge in [-0.25, -0.2) is 0 Å². The van der Waals surface area contributed by atoms with Crippen molar-refractivity contribution in [1.82, 2.24) is 5.32 Å². The number of nitro groups is 1. The molecule has 1 aromatic rings. The number of hydrogen-bond acceptors (Lipinski definition) is 4. The lowest BCUT2D eigenvalue weighted by Crippen LogP contribution is -2.49. The summed E-state index contributed by atoms with van der Waals surface area (Å²) in [5, 5.41) is 13.4. The van der Waals surface area contributed by atoms with E-state index in [4.69, 9.17) is 16.3 Å². The SMILES string of the molecule is COc1c(C(=O)NC(C)(C)C(C)Cl)cccc1[N+](=O)[O-]. The highest BCUT2D eigenvalue weighted by Gasteiger charge is 2.29. The van der Waals surface area contributed by atoms with Crippen molar-refractivity contribution in [2.75, 3.05) is 7.11 Å². The summed E-state index contributed by atoms with van der Waals surface area (Å²) in [5.74, 6) is -0.531. The van der Waals surface area contributed by atoms with Crippen molar-refractivity contribution in [3.8, 4) is 5.75 Å². The molecular weight excluding hydrogens is 284 g/mol. The molecule has 1 unspecified atom stereocenters. The largest absolute Gasteiger partial charge is 0.490 e. The number of para-hydroxylation sites is 1. The van der Waals surface area contributed by atoms with Crippen molar-refractivity contribution in [3.05, 3.63) is 33.9 Å². The average molecular weight is 301 g/mol. The van der Waals surface area contributed by atoms with Crippen LogP contribution in [0.1, 0.15) is 31.1 Å². The van der Waals surface area contributed by atoms with E-state index in [1.54, 1.807) is 20.8 Å². The Bertz CT molecular complexity index is 529. The monoisotopic (exact) mass is 300 g/mol. The minimum absolute atomic E-state index is 0.0620. The molecule has 0 aliphatic heterocycles. The lowest BCUT2D eigenvalue weighted by Gasteiger charge is -2.29. The standard InChI is InChI=1S/C13H17ClN2O4/c1-8(14)13(2,3)15-12(17)9-6-5-7-10(16(18)19)11(9)20-4/h5-8H,1-4H3,(H,15,17). The molecule has 20 heavy (non-hydrogen) atoms. The molecular formula is C13H17ClN2O4. The normalized spacial score (nSPS) is 12.7. The fourth-order valence-corrected chi connectivity index (χ4v) is 1.58. The zero-order valence-electron chi connectivity index (χ0n) is 11.8. The summed E-state index contributed by atoms with van der Waals surface area (Å²) in [4.78, 5) is 22.6. The number of ether oxygens (including phenoxy) is 1. The van der Waals surface area contributed by atoms with E-state index < -0.39 is 16.4 Å². The van der Waals surface area contributed by atoms with Crippen LogP contribution in [0.3, 0.4) is 0 Å². The molecule has 0 heterocycles. The molecule has 1 rings (SSSR count). The minimum Gasteiger partial charge on any atom is -0.490 e. The van der Waals surface area contributed by atoms with Crippen LogP contribution in [0.4, 0.5) is 5.69 Å². The predicted octanol–water partition coefficient (Wildman–Crippen LogP) is 2.74. The molecule has 0 saturated carbocycles. The molecule has 110 valence electrons. The highest BCUT2D eigenvalue weighted by atomic mass is 35.5. The van der Waals surface area contributed by atoms with Crippen LogP contribution in [0.15, 0.2) is 18.2 Å². The molecule has 0 aliphatic carbocycles. The molecule has 0 bridgehead atoms. The quantitative estimate of drug-likeness (QED) is 0.515. The summed E-state index contributed by atoms with van der Waals surface area (Å²) in [7, 11) is 1.29. The first-order valence-electron chi connectivity index (χ1n) is 5.98. The highest BCUT2D eigenvalue weighted by Crippen LogP contribution is 2.31. The molecule has 0 fully saturated rings. The second-order valence-corrected chi connectivity index (χ2v) is 5.56. The number of alkyl halides is 1. The Morgan fingerprint density at radius 1 is 1.50 bits per heavy atom. The summed E-state index contributed by atoms with van der Waals surface area (Å²) in [6.07, 6.45) is 0. The molecule has 1 amide bonds. The van der Waals surface area contributed by atoms with Gasteiger partial charge >= 0.3 is 5.69 Å². The Balaban J connectivity index is 3.17. The molecule has 0 saturated heterocycles. The maximum Gasteiger partial charge on any atom is 0.311 e. The summed E-state index contributed by atoms with van der Waals surface area (Å²) in [5.41, 5.74) is -0.808. The third-order valence-corrected chi connectivity index (χ3v) is 3.62. The number of hydrogen-bond donors (Lipinski definition) is 1. The van der Waals surface area contributed by atoms with Crippen LogP contribution in [0, 0.1) is 10.1 Å². The third kappa shape index (κ3) is 3.39. The summed E-state index contributed by atoms with van der Waals surface area (Å²) >= 11 is 6.00. The number of halogens is 1. The Labute approximate surface area is 122 Å². The average Bonchev–Trinajstić information content (AvgIpc) is 2.36. The van der Waals surface area contributed by atoms with Gasteiger partial charge in [0.2, 0.25) is 5.75 Å². The van der Waals surface area contributed by atoms with Gasteiger partial charge in [0.15, 0.2) is 0 Å². The van der Waals surface area contributed by atoms with E-state index in [0.717, 1.165) is 0 Å². The van der Waals surface area contributed by atoms with Crippen LogP contribution < -0.4 is 10.1 Å². The Morgan fingerprint density at radius 2 is 2.10 bits per heavy atom. The van der Waals surface area contributed by atoms with Crippen LogP contribution in [0.25, 0.3) is 0 Å². The number of carbonyl (C=O) groups excluding carboxylic acids is 1. The fraction of sp³-hybridized carbons (Fsp3) is 0.462. The number of carbonyl (C=O) groups is 1. The van der Waals surface area contributed by atoms with E-state index >= 15 is 0 Å². The molecule has 0 aliphatic rings. The molecule has 6 nitrogen and oxygen atoms in total. The van der Waals surface area contributed by atoms with Gasteiger partial charge < -0.3 is 10.1 Å². The molecule has 7 heteroatoms. The van der Waals surface area contributed by atoms with Gasteiger partial charge in [0, 0.05) is 6.07 Å².